The predicted molar refractivity (Wildman–Crippen MR) is 94.0 cm³/mol. The summed E-state index contributed by atoms with van der Waals surface area (Å²) in [5.74, 6) is 0.817. The molecule has 0 N–H and O–H groups in total. The van der Waals surface area contributed by atoms with Crippen molar-refractivity contribution in [3.8, 4) is 0 Å². The number of hydrogen-bond donors (Lipinski definition) is 0. The summed E-state index contributed by atoms with van der Waals surface area (Å²) in [4.78, 5) is 15.7. The molecule has 2 nitrogen and oxygen atoms in total. The van der Waals surface area contributed by atoms with Crippen LogP contribution >= 0.6 is 0 Å². The normalized spacial score (nSPS) is 33.6. The second kappa shape index (κ2) is 5.44. The number of hydrogen-bond acceptors (Lipinski definition) is 2. The van der Waals surface area contributed by atoms with Crippen molar-refractivity contribution in [2.45, 2.75) is 76.8 Å². The van der Waals surface area contributed by atoms with Gasteiger partial charge in [0.1, 0.15) is 0 Å². The average molecular weight is 311 g/mol. The van der Waals surface area contributed by atoms with Gasteiger partial charge in [-0.2, -0.15) is 0 Å². The summed E-state index contributed by atoms with van der Waals surface area (Å²) in [7, 11) is 0. The van der Waals surface area contributed by atoms with Crippen molar-refractivity contribution in [3.63, 3.8) is 0 Å². The van der Waals surface area contributed by atoms with E-state index in [1.165, 1.54) is 43.2 Å². The highest BCUT2D eigenvalue weighted by Crippen LogP contribution is 2.50. The van der Waals surface area contributed by atoms with Gasteiger partial charge in [0.2, 0.25) is 0 Å². The summed E-state index contributed by atoms with van der Waals surface area (Å²) < 4.78 is 0. The molecule has 0 spiro atoms. The number of aryl methyl sites for hydroxylation is 1. The standard InChI is InChI=1S/C21H29NO/c1-4-5-6-15-7-10-17-18(13-15)21(3)11-12-22(16-8-9-16)19(14(21)2)20(17)23/h7,10,13-14,16,19H,4-6,8-9,11-12H2,1-3H3/t14-,19-,21-/m0/s1. The van der Waals surface area contributed by atoms with Gasteiger partial charge in [-0.3, -0.25) is 9.69 Å². The third-order valence-electron chi connectivity index (χ3n) is 6.79. The molecule has 2 heteroatoms. The van der Waals surface area contributed by atoms with E-state index in [4.69, 9.17) is 0 Å². The SMILES string of the molecule is CCCCc1ccc2c(c1)[C@@]1(C)CCN(C3CC3)[C@H](C2=O)[C@@H]1C. The number of unbranched alkanes of at least 4 members (excludes halogenated alkanes) is 1. The zero-order valence-corrected chi connectivity index (χ0v) is 14.8. The van der Waals surface area contributed by atoms with E-state index >= 15 is 0 Å². The Kier molecular flexibility index (Phi) is 3.64. The third kappa shape index (κ3) is 2.29. The van der Waals surface area contributed by atoms with Crippen molar-refractivity contribution in [3.05, 3.63) is 34.9 Å². The molecule has 1 aromatic rings. The maximum Gasteiger partial charge on any atom is 0.180 e. The third-order valence-corrected chi connectivity index (χ3v) is 6.79. The van der Waals surface area contributed by atoms with Crippen LogP contribution in [-0.2, 0) is 11.8 Å². The van der Waals surface area contributed by atoms with Gasteiger partial charge in [-0.1, -0.05) is 45.4 Å². The minimum absolute atomic E-state index is 0.121. The van der Waals surface area contributed by atoms with Crippen molar-refractivity contribution < 1.29 is 4.79 Å². The molecule has 2 aliphatic carbocycles. The summed E-state index contributed by atoms with van der Waals surface area (Å²) in [5.41, 5.74) is 3.94. The Hall–Kier alpha value is -1.15. The highest BCUT2D eigenvalue weighted by Gasteiger charge is 2.54. The molecule has 0 amide bonds. The molecule has 2 fully saturated rings. The Morgan fingerprint density at radius 3 is 2.78 bits per heavy atom. The first-order chi connectivity index (χ1) is 11.1. The number of Topliss-reactive ketones (excluding diaryl/α,β-unsaturated/α-hetero) is 1. The fourth-order valence-electron chi connectivity index (χ4n) is 4.91. The van der Waals surface area contributed by atoms with Gasteiger partial charge < -0.3 is 0 Å². The van der Waals surface area contributed by atoms with Crippen LogP contribution in [0, 0.1) is 5.92 Å². The van der Waals surface area contributed by atoms with E-state index in [1.54, 1.807) is 0 Å². The number of likely N-dealkylation sites (tertiary alicyclic amines) is 1. The summed E-state index contributed by atoms with van der Waals surface area (Å²) in [6, 6.07) is 7.50. The highest BCUT2D eigenvalue weighted by atomic mass is 16.1. The zero-order valence-electron chi connectivity index (χ0n) is 14.8. The van der Waals surface area contributed by atoms with Gasteiger partial charge in [0.15, 0.2) is 5.78 Å². The minimum Gasteiger partial charge on any atom is -0.292 e. The Morgan fingerprint density at radius 2 is 2.09 bits per heavy atom. The van der Waals surface area contributed by atoms with E-state index in [1.807, 2.05) is 0 Å². The number of rotatable bonds is 4. The van der Waals surface area contributed by atoms with Gasteiger partial charge >= 0.3 is 0 Å². The first-order valence-corrected chi connectivity index (χ1v) is 9.49. The lowest BCUT2D eigenvalue weighted by Gasteiger charge is -2.53. The molecule has 1 aromatic carbocycles. The Morgan fingerprint density at radius 1 is 1.30 bits per heavy atom. The fourth-order valence-corrected chi connectivity index (χ4v) is 4.91. The van der Waals surface area contributed by atoms with Crippen LogP contribution in [0.3, 0.4) is 0 Å². The van der Waals surface area contributed by atoms with E-state index in [9.17, 15) is 4.79 Å². The minimum atomic E-state index is 0.121. The first kappa shape index (κ1) is 15.4. The smallest absolute Gasteiger partial charge is 0.180 e. The van der Waals surface area contributed by atoms with Gasteiger partial charge in [0.25, 0.3) is 0 Å². The van der Waals surface area contributed by atoms with Crippen LogP contribution in [0.5, 0.6) is 0 Å². The maximum atomic E-state index is 13.2. The molecule has 124 valence electrons. The number of ketones is 1. The highest BCUT2D eigenvalue weighted by molar-refractivity contribution is 6.03. The lowest BCUT2D eigenvalue weighted by molar-refractivity contribution is 0.0247. The quantitative estimate of drug-likeness (QED) is 0.823. The molecule has 1 saturated carbocycles. The van der Waals surface area contributed by atoms with E-state index < -0.39 is 0 Å². The van der Waals surface area contributed by atoms with Crippen LogP contribution in [0.1, 0.15) is 74.4 Å². The molecular weight excluding hydrogens is 282 g/mol. The molecule has 0 aromatic heterocycles. The molecule has 0 radical (unpaired) electrons. The molecular formula is C21H29NO. The largest absolute Gasteiger partial charge is 0.292 e. The molecule has 2 bridgehead atoms. The van der Waals surface area contributed by atoms with E-state index in [0.717, 1.165) is 18.5 Å². The Labute approximate surface area is 140 Å². The second-order valence-corrected chi connectivity index (χ2v) is 8.22. The molecule has 1 aliphatic heterocycles. The topological polar surface area (TPSA) is 20.3 Å². The van der Waals surface area contributed by atoms with Crippen LogP contribution < -0.4 is 0 Å². The lowest BCUT2D eigenvalue weighted by atomic mass is 9.58. The molecule has 1 heterocycles. The summed E-state index contributed by atoms with van der Waals surface area (Å²) in [5, 5.41) is 0. The van der Waals surface area contributed by atoms with E-state index in [-0.39, 0.29) is 11.5 Å². The summed E-state index contributed by atoms with van der Waals surface area (Å²) in [6.07, 6.45) is 7.37. The van der Waals surface area contributed by atoms with Gasteiger partial charge in [-0.05, 0) is 54.6 Å². The number of benzene rings is 1. The van der Waals surface area contributed by atoms with Gasteiger partial charge in [0, 0.05) is 18.2 Å². The van der Waals surface area contributed by atoms with Crippen molar-refractivity contribution in [2.75, 3.05) is 6.54 Å². The summed E-state index contributed by atoms with van der Waals surface area (Å²) in [6.45, 7) is 8.06. The van der Waals surface area contributed by atoms with Crippen LogP contribution in [0.4, 0.5) is 0 Å². The van der Waals surface area contributed by atoms with Crippen molar-refractivity contribution in [2.24, 2.45) is 5.92 Å². The molecule has 1 saturated heterocycles. The Balaban J connectivity index is 1.76. The lowest BCUT2D eigenvalue weighted by Crippen LogP contribution is -2.61. The van der Waals surface area contributed by atoms with Gasteiger partial charge in [-0.25, -0.2) is 0 Å². The monoisotopic (exact) mass is 311 g/mol. The van der Waals surface area contributed by atoms with Crippen molar-refractivity contribution in [1.82, 2.24) is 4.90 Å². The van der Waals surface area contributed by atoms with Crippen LogP contribution in [0.25, 0.3) is 0 Å². The number of piperidine rings is 1. The molecule has 0 unspecified atom stereocenters. The van der Waals surface area contributed by atoms with Crippen molar-refractivity contribution in [1.29, 1.82) is 0 Å². The second-order valence-electron chi connectivity index (χ2n) is 8.22. The fraction of sp³-hybridized carbons (Fsp3) is 0.667. The van der Waals surface area contributed by atoms with Gasteiger partial charge in [-0.15, -0.1) is 0 Å². The molecule has 3 atom stereocenters. The number of fused-ring (bicyclic) bond motifs is 4. The van der Waals surface area contributed by atoms with E-state index in [0.29, 0.717) is 17.7 Å². The summed E-state index contributed by atoms with van der Waals surface area (Å²) >= 11 is 0. The number of carbonyl (C=O) groups is 1. The van der Waals surface area contributed by atoms with Crippen molar-refractivity contribution >= 4 is 5.78 Å². The first-order valence-electron chi connectivity index (χ1n) is 9.49. The molecule has 4 rings (SSSR count). The van der Waals surface area contributed by atoms with Crippen LogP contribution in [0.2, 0.25) is 0 Å². The molecule has 3 aliphatic rings. The predicted octanol–water partition coefficient (Wildman–Crippen LogP) is 4.36. The Bertz CT molecular complexity index is 633. The average Bonchev–Trinajstić information content (AvgIpc) is 3.38. The van der Waals surface area contributed by atoms with Crippen LogP contribution in [-0.4, -0.2) is 29.3 Å². The molecule has 23 heavy (non-hydrogen) atoms. The number of carbonyl (C=O) groups excluding carboxylic acids is 1. The maximum absolute atomic E-state index is 13.2. The van der Waals surface area contributed by atoms with Crippen LogP contribution in [0.15, 0.2) is 18.2 Å². The van der Waals surface area contributed by atoms with Gasteiger partial charge in [0.05, 0.1) is 6.04 Å². The zero-order chi connectivity index (χ0) is 16.2. The number of nitrogens with zero attached hydrogens (tertiary/aromatic N) is 1. The van der Waals surface area contributed by atoms with E-state index in [2.05, 4.69) is 43.9 Å².